The number of hydrogen-bond donors (Lipinski definition) is 3. The highest BCUT2D eigenvalue weighted by Crippen LogP contribution is 2.17. The smallest absolute Gasteiger partial charge is 0.159 e. The molecule has 6 nitrogen and oxygen atoms in total. The number of piperazine rings is 1. The molecule has 124 valence electrons. The molecule has 2 aromatic rings. The molecule has 0 saturated carbocycles. The largest absolute Gasteiger partial charge is 0.497 e. The van der Waals surface area contributed by atoms with Gasteiger partial charge in [0, 0.05) is 50.2 Å². The first-order valence-electron chi connectivity index (χ1n) is 7.80. The van der Waals surface area contributed by atoms with E-state index in [9.17, 15) is 0 Å². The van der Waals surface area contributed by atoms with Crippen LogP contribution in [0.4, 0.5) is 0 Å². The van der Waals surface area contributed by atoms with Gasteiger partial charge in [-0.15, -0.1) is 0 Å². The third kappa shape index (κ3) is 5.94. The van der Waals surface area contributed by atoms with Gasteiger partial charge < -0.3 is 20.5 Å². The Bertz CT molecular complexity index is 540. The summed E-state index contributed by atoms with van der Waals surface area (Å²) < 4.78 is 5.06. The fourth-order valence-corrected chi connectivity index (χ4v) is 2.26. The first-order chi connectivity index (χ1) is 11.3. The van der Waals surface area contributed by atoms with Gasteiger partial charge in [-0.3, -0.25) is 0 Å². The Morgan fingerprint density at radius 3 is 2.48 bits per heavy atom. The summed E-state index contributed by atoms with van der Waals surface area (Å²) in [6.45, 7) is 3.38. The van der Waals surface area contributed by atoms with Gasteiger partial charge in [0.15, 0.2) is 5.82 Å². The zero-order valence-electron chi connectivity index (χ0n) is 13.4. The van der Waals surface area contributed by atoms with Crippen molar-refractivity contribution in [3.8, 4) is 17.1 Å². The fraction of sp³-hybridized carbons (Fsp3) is 0.412. The van der Waals surface area contributed by atoms with Crippen molar-refractivity contribution in [1.29, 1.82) is 0 Å². The number of aliphatic hydroxyl groups excluding tert-OH is 1. The summed E-state index contributed by atoms with van der Waals surface area (Å²) in [5.74, 6) is 1.57. The summed E-state index contributed by atoms with van der Waals surface area (Å²) in [6.07, 6.45) is 4.33. The average Bonchev–Trinajstić information content (AvgIpc) is 2.64. The number of aliphatic hydroxyl groups is 1. The third-order valence-corrected chi connectivity index (χ3v) is 3.52. The van der Waals surface area contributed by atoms with Crippen LogP contribution in [0.2, 0.25) is 0 Å². The van der Waals surface area contributed by atoms with Crippen LogP contribution in [-0.4, -0.2) is 54.5 Å². The molecular formula is C17H24N4O2. The molecule has 0 spiro atoms. The fourth-order valence-electron chi connectivity index (χ4n) is 2.26. The Morgan fingerprint density at radius 2 is 1.91 bits per heavy atom. The summed E-state index contributed by atoms with van der Waals surface area (Å²) in [5.41, 5.74) is 0.992. The van der Waals surface area contributed by atoms with Crippen molar-refractivity contribution in [1.82, 2.24) is 20.6 Å². The van der Waals surface area contributed by atoms with Crippen molar-refractivity contribution in [3.63, 3.8) is 0 Å². The molecule has 0 aliphatic carbocycles. The van der Waals surface area contributed by atoms with Gasteiger partial charge in [-0.2, -0.15) is 0 Å². The lowest BCUT2D eigenvalue weighted by atomic mass is 10.2. The second-order valence-electron chi connectivity index (χ2n) is 5.17. The highest BCUT2D eigenvalue weighted by molar-refractivity contribution is 5.55. The lowest BCUT2D eigenvalue weighted by Gasteiger charge is -2.23. The molecule has 0 bridgehead atoms. The second kappa shape index (κ2) is 9.89. The topological polar surface area (TPSA) is 79.3 Å². The van der Waals surface area contributed by atoms with Crippen LogP contribution in [0.25, 0.3) is 11.4 Å². The lowest BCUT2D eigenvalue weighted by Crippen LogP contribution is -2.48. The van der Waals surface area contributed by atoms with E-state index in [1.165, 1.54) is 0 Å². The maximum atomic E-state index is 8.55. The Kier molecular flexibility index (Phi) is 7.45. The zero-order chi connectivity index (χ0) is 16.3. The van der Waals surface area contributed by atoms with Gasteiger partial charge in [0.25, 0.3) is 0 Å². The summed E-state index contributed by atoms with van der Waals surface area (Å²) in [7, 11) is 1.65. The van der Waals surface area contributed by atoms with E-state index in [-0.39, 0.29) is 0 Å². The quantitative estimate of drug-likeness (QED) is 0.783. The number of nitrogens with one attached hydrogen (secondary N) is 2. The predicted molar refractivity (Wildman–Crippen MR) is 90.4 cm³/mol. The molecule has 0 amide bonds. The number of ether oxygens (including phenoxy) is 1. The van der Waals surface area contributed by atoms with E-state index in [1.54, 1.807) is 25.6 Å². The SMILES string of the molecule is COc1ccc(-c2ncccn2)cc1.OCCC1CNCCN1. The minimum Gasteiger partial charge on any atom is -0.497 e. The standard InChI is InChI=1S/C11H10N2O.C6H14N2O/c1-14-10-5-3-9(4-6-10)11-12-7-2-8-13-11;9-4-1-6-5-7-2-3-8-6/h2-8H,1H3;6-9H,1-5H2. The van der Waals surface area contributed by atoms with Gasteiger partial charge in [0.1, 0.15) is 5.75 Å². The van der Waals surface area contributed by atoms with E-state index in [4.69, 9.17) is 9.84 Å². The monoisotopic (exact) mass is 316 g/mol. The highest BCUT2D eigenvalue weighted by Gasteiger charge is 2.09. The molecule has 1 unspecified atom stereocenters. The number of hydrogen-bond acceptors (Lipinski definition) is 6. The van der Waals surface area contributed by atoms with Crippen LogP contribution in [-0.2, 0) is 0 Å². The first-order valence-corrected chi connectivity index (χ1v) is 7.80. The molecule has 1 aromatic carbocycles. The highest BCUT2D eigenvalue weighted by atomic mass is 16.5. The molecule has 1 fully saturated rings. The van der Waals surface area contributed by atoms with Crippen LogP contribution in [0.1, 0.15) is 6.42 Å². The number of methoxy groups -OCH3 is 1. The van der Waals surface area contributed by atoms with Crippen LogP contribution < -0.4 is 15.4 Å². The average molecular weight is 316 g/mol. The van der Waals surface area contributed by atoms with E-state index in [2.05, 4.69) is 20.6 Å². The van der Waals surface area contributed by atoms with E-state index >= 15 is 0 Å². The molecule has 1 aliphatic heterocycles. The first kappa shape index (κ1) is 17.3. The van der Waals surface area contributed by atoms with Crippen molar-refractivity contribution in [3.05, 3.63) is 42.7 Å². The summed E-state index contributed by atoms with van der Waals surface area (Å²) in [5, 5.41) is 15.1. The molecule has 1 aliphatic rings. The number of rotatable bonds is 4. The van der Waals surface area contributed by atoms with E-state index in [0.717, 1.165) is 43.2 Å². The normalized spacial score (nSPS) is 17.0. The molecule has 1 aromatic heterocycles. The number of aromatic nitrogens is 2. The minimum atomic E-state index is 0.291. The van der Waals surface area contributed by atoms with Crippen LogP contribution >= 0.6 is 0 Å². The van der Waals surface area contributed by atoms with Gasteiger partial charge in [-0.25, -0.2) is 9.97 Å². The van der Waals surface area contributed by atoms with E-state index < -0.39 is 0 Å². The number of benzene rings is 1. The Labute approximate surface area is 136 Å². The summed E-state index contributed by atoms with van der Waals surface area (Å²) >= 11 is 0. The van der Waals surface area contributed by atoms with Crippen molar-refractivity contribution < 1.29 is 9.84 Å². The van der Waals surface area contributed by atoms with Gasteiger partial charge in [0.2, 0.25) is 0 Å². The van der Waals surface area contributed by atoms with Crippen molar-refractivity contribution >= 4 is 0 Å². The molecule has 2 heterocycles. The molecule has 0 radical (unpaired) electrons. The van der Waals surface area contributed by atoms with Crippen molar-refractivity contribution in [2.45, 2.75) is 12.5 Å². The van der Waals surface area contributed by atoms with Gasteiger partial charge >= 0.3 is 0 Å². The lowest BCUT2D eigenvalue weighted by molar-refractivity contribution is 0.255. The number of nitrogens with zero attached hydrogens (tertiary/aromatic N) is 2. The van der Waals surface area contributed by atoms with Gasteiger partial charge in [-0.1, -0.05) is 0 Å². The van der Waals surface area contributed by atoms with E-state index in [1.807, 2.05) is 24.3 Å². The maximum absolute atomic E-state index is 8.55. The predicted octanol–water partition coefficient (Wildman–Crippen LogP) is 1.08. The Balaban J connectivity index is 0.000000185. The van der Waals surface area contributed by atoms with Gasteiger partial charge in [-0.05, 0) is 36.8 Å². The minimum absolute atomic E-state index is 0.291. The Hall–Kier alpha value is -2.02. The third-order valence-electron chi connectivity index (χ3n) is 3.52. The maximum Gasteiger partial charge on any atom is 0.159 e. The summed E-state index contributed by atoms with van der Waals surface area (Å²) in [6, 6.07) is 9.95. The van der Waals surface area contributed by atoms with Crippen molar-refractivity contribution in [2.75, 3.05) is 33.4 Å². The molecule has 3 rings (SSSR count). The van der Waals surface area contributed by atoms with Gasteiger partial charge in [0.05, 0.1) is 7.11 Å². The second-order valence-corrected chi connectivity index (χ2v) is 5.17. The zero-order valence-corrected chi connectivity index (χ0v) is 13.4. The molecule has 1 atom stereocenters. The molecule has 1 saturated heterocycles. The molecule has 6 heteroatoms. The van der Waals surface area contributed by atoms with Crippen LogP contribution in [0, 0.1) is 0 Å². The molecular weight excluding hydrogens is 292 g/mol. The van der Waals surface area contributed by atoms with E-state index in [0.29, 0.717) is 12.6 Å². The Morgan fingerprint density at radius 1 is 1.17 bits per heavy atom. The molecule has 3 N–H and O–H groups in total. The van der Waals surface area contributed by atoms with Crippen molar-refractivity contribution in [2.24, 2.45) is 0 Å². The van der Waals surface area contributed by atoms with Crippen LogP contribution in [0.3, 0.4) is 0 Å². The van der Waals surface area contributed by atoms with Crippen LogP contribution in [0.5, 0.6) is 5.75 Å². The molecule has 23 heavy (non-hydrogen) atoms. The summed E-state index contributed by atoms with van der Waals surface area (Å²) in [4.78, 5) is 8.31. The van der Waals surface area contributed by atoms with Crippen LogP contribution in [0.15, 0.2) is 42.7 Å².